The quantitative estimate of drug-likeness (QED) is 0.604. The third-order valence-corrected chi connectivity index (χ3v) is 3.49. The summed E-state index contributed by atoms with van der Waals surface area (Å²) in [6.07, 6.45) is 11.6. The second-order valence-corrected chi connectivity index (χ2v) is 5.16. The minimum atomic E-state index is 0.247. The average Bonchev–Trinajstić information content (AvgIpc) is 2.40. The molecule has 0 radical (unpaired) electrons. The molecule has 0 bridgehead atoms. The molecule has 1 heteroatoms. The van der Waals surface area contributed by atoms with Crippen LogP contribution in [0.2, 0.25) is 0 Å². The normalized spacial score (nSPS) is 10.8. The van der Waals surface area contributed by atoms with E-state index < -0.39 is 0 Å². The van der Waals surface area contributed by atoms with Crippen molar-refractivity contribution in [3.05, 3.63) is 35.4 Å². The fourth-order valence-electron chi connectivity index (χ4n) is 2.29. The largest absolute Gasteiger partial charge is 0.396 e. The summed E-state index contributed by atoms with van der Waals surface area (Å²) in [5.74, 6) is 0. The number of hydrogen-bond acceptors (Lipinski definition) is 1. The maximum Gasteiger partial charge on any atom is 0.0471 e. The molecule has 0 aliphatic heterocycles. The molecular formula is C17H28O. The van der Waals surface area contributed by atoms with E-state index in [1.807, 2.05) is 0 Å². The Bertz CT molecular complexity index is 289. The standard InChI is InChI=1S/C17H28O/c1-2-3-4-5-6-7-8-9-16-10-12-17(13-11-16)14-15-18/h10-13,18H,2-9,14-15H2,1H3. The van der Waals surface area contributed by atoms with Gasteiger partial charge in [-0.15, -0.1) is 0 Å². The third-order valence-electron chi connectivity index (χ3n) is 3.49. The molecule has 0 saturated carbocycles. The van der Waals surface area contributed by atoms with Gasteiger partial charge in [-0.25, -0.2) is 0 Å². The smallest absolute Gasteiger partial charge is 0.0471 e. The van der Waals surface area contributed by atoms with Gasteiger partial charge in [-0.05, 0) is 30.4 Å². The Morgan fingerprint density at radius 2 is 1.22 bits per heavy atom. The van der Waals surface area contributed by atoms with Gasteiger partial charge in [0, 0.05) is 6.61 Å². The van der Waals surface area contributed by atoms with Crippen molar-refractivity contribution in [1.82, 2.24) is 0 Å². The van der Waals surface area contributed by atoms with Crippen molar-refractivity contribution >= 4 is 0 Å². The van der Waals surface area contributed by atoms with Gasteiger partial charge in [0.15, 0.2) is 0 Å². The molecule has 102 valence electrons. The highest BCUT2D eigenvalue weighted by Gasteiger charge is 1.96. The van der Waals surface area contributed by atoms with Gasteiger partial charge >= 0.3 is 0 Å². The van der Waals surface area contributed by atoms with E-state index in [4.69, 9.17) is 5.11 Å². The highest BCUT2D eigenvalue weighted by molar-refractivity contribution is 5.22. The molecule has 0 amide bonds. The summed E-state index contributed by atoms with van der Waals surface area (Å²) >= 11 is 0. The van der Waals surface area contributed by atoms with E-state index in [1.165, 1.54) is 62.5 Å². The molecule has 1 aromatic carbocycles. The van der Waals surface area contributed by atoms with E-state index in [9.17, 15) is 0 Å². The van der Waals surface area contributed by atoms with Crippen LogP contribution in [0.4, 0.5) is 0 Å². The van der Waals surface area contributed by atoms with Crippen LogP contribution in [0.1, 0.15) is 63.0 Å². The Kier molecular flexibility index (Phi) is 8.58. The second-order valence-electron chi connectivity index (χ2n) is 5.16. The van der Waals surface area contributed by atoms with Gasteiger partial charge in [0.1, 0.15) is 0 Å². The van der Waals surface area contributed by atoms with E-state index in [0.29, 0.717) is 0 Å². The molecular weight excluding hydrogens is 220 g/mol. The van der Waals surface area contributed by atoms with Crippen LogP contribution >= 0.6 is 0 Å². The Morgan fingerprint density at radius 3 is 1.78 bits per heavy atom. The number of hydrogen-bond donors (Lipinski definition) is 1. The van der Waals surface area contributed by atoms with E-state index >= 15 is 0 Å². The monoisotopic (exact) mass is 248 g/mol. The molecule has 1 aromatic rings. The van der Waals surface area contributed by atoms with Crippen LogP contribution in [0.25, 0.3) is 0 Å². The molecule has 0 heterocycles. The Balaban J connectivity index is 2.08. The van der Waals surface area contributed by atoms with E-state index in [-0.39, 0.29) is 6.61 Å². The number of aryl methyl sites for hydroxylation is 1. The lowest BCUT2D eigenvalue weighted by Gasteiger charge is -2.04. The van der Waals surface area contributed by atoms with Crippen LogP contribution in [-0.4, -0.2) is 11.7 Å². The minimum absolute atomic E-state index is 0.247. The van der Waals surface area contributed by atoms with Gasteiger partial charge in [0.25, 0.3) is 0 Å². The fourth-order valence-corrected chi connectivity index (χ4v) is 2.29. The number of rotatable bonds is 10. The van der Waals surface area contributed by atoms with Gasteiger partial charge in [0.2, 0.25) is 0 Å². The first-order chi connectivity index (χ1) is 8.86. The zero-order chi connectivity index (χ0) is 13.1. The van der Waals surface area contributed by atoms with Gasteiger partial charge in [-0.1, -0.05) is 69.7 Å². The molecule has 0 unspecified atom stereocenters. The van der Waals surface area contributed by atoms with Crippen LogP contribution in [0, 0.1) is 0 Å². The maximum atomic E-state index is 8.85. The number of benzene rings is 1. The number of aliphatic hydroxyl groups is 1. The van der Waals surface area contributed by atoms with Gasteiger partial charge in [-0.2, -0.15) is 0 Å². The van der Waals surface area contributed by atoms with Crippen LogP contribution in [0.15, 0.2) is 24.3 Å². The average molecular weight is 248 g/mol. The first-order valence-electron chi connectivity index (χ1n) is 7.55. The SMILES string of the molecule is CCCCCCCCCc1ccc(CCO)cc1. The maximum absolute atomic E-state index is 8.85. The molecule has 0 atom stereocenters. The van der Waals surface area contributed by atoms with Crippen molar-refractivity contribution in [2.24, 2.45) is 0 Å². The lowest BCUT2D eigenvalue weighted by Crippen LogP contribution is -1.91. The Morgan fingerprint density at radius 1 is 0.722 bits per heavy atom. The summed E-state index contributed by atoms with van der Waals surface area (Å²) in [6.45, 7) is 2.51. The van der Waals surface area contributed by atoms with Crippen molar-refractivity contribution in [1.29, 1.82) is 0 Å². The summed E-state index contributed by atoms with van der Waals surface area (Å²) in [5.41, 5.74) is 2.67. The molecule has 1 nitrogen and oxygen atoms in total. The van der Waals surface area contributed by atoms with E-state index in [0.717, 1.165) is 6.42 Å². The van der Waals surface area contributed by atoms with Gasteiger partial charge in [0.05, 0.1) is 0 Å². The summed E-state index contributed by atoms with van der Waals surface area (Å²) in [6, 6.07) is 8.71. The highest BCUT2D eigenvalue weighted by atomic mass is 16.2. The topological polar surface area (TPSA) is 20.2 Å². The highest BCUT2D eigenvalue weighted by Crippen LogP contribution is 2.11. The first kappa shape index (κ1) is 15.2. The molecule has 0 saturated heterocycles. The molecule has 0 aromatic heterocycles. The zero-order valence-electron chi connectivity index (χ0n) is 11.8. The molecule has 0 aliphatic rings. The first-order valence-corrected chi connectivity index (χ1v) is 7.55. The fraction of sp³-hybridized carbons (Fsp3) is 0.647. The van der Waals surface area contributed by atoms with Crippen molar-refractivity contribution in [2.75, 3.05) is 6.61 Å². The molecule has 1 rings (SSSR count). The second kappa shape index (κ2) is 10.1. The summed E-state index contributed by atoms with van der Waals surface area (Å²) in [4.78, 5) is 0. The molecule has 18 heavy (non-hydrogen) atoms. The Hall–Kier alpha value is -0.820. The van der Waals surface area contributed by atoms with E-state index in [1.54, 1.807) is 0 Å². The summed E-state index contributed by atoms with van der Waals surface area (Å²) in [7, 11) is 0. The van der Waals surface area contributed by atoms with Crippen LogP contribution in [-0.2, 0) is 12.8 Å². The van der Waals surface area contributed by atoms with Crippen LogP contribution < -0.4 is 0 Å². The predicted octanol–water partition coefficient (Wildman–Crippen LogP) is 4.51. The number of aliphatic hydroxyl groups excluding tert-OH is 1. The van der Waals surface area contributed by atoms with Crippen LogP contribution in [0.5, 0.6) is 0 Å². The predicted molar refractivity (Wildman–Crippen MR) is 78.9 cm³/mol. The molecule has 0 fully saturated rings. The van der Waals surface area contributed by atoms with Crippen molar-refractivity contribution in [2.45, 2.75) is 64.7 Å². The molecule has 0 aliphatic carbocycles. The zero-order valence-corrected chi connectivity index (χ0v) is 11.8. The molecule has 0 spiro atoms. The minimum Gasteiger partial charge on any atom is -0.396 e. The van der Waals surface area contributed by atoms with Crippen molar-refractivity contribution in [3.8, 4) is 0 Å². The van der Waals surface area contributed by atoms with Crippen LogP contribution in [0.3, 0.4) is 0 Å². The van der Waals surface area contributed by atoms with Gasteiger partial charge in [-0.3, -0.25) is 0 Å². The van der Waals surface area contributed by atoms with Crippen molar-refractivity contribution in [3.63, 3.8) is 0 Å². The van der Waals surface area contributed by atoms with Crippen molar-refractivity contribution < 1.29 is 5.11 Å². The van der Waals surface area contributed by atoms with Gasteiger partial charge < -0.3 is 5.11 Å². The lowest BCUT2D eigenvalue weighted by atomic mass is 10.0. The summed E-state index contributed by atoms with van der Waals surface area (Å²) < 4.78 is 0. The van der Waals surface area contributed by atoms with E-state index in [2.05, 4.69) is 31.2 Å². The molecule has 1 N–H and O–H groups in total. The number of unbranched alkanes of at least 4 members (excludes halogenated alkanes) is 6. The summed E-state index contributed by atoms with van der Waals surface area (Å²) in [5, 5.41) is 8.85. The lowest BCUT2D eigenvalue weighted by molar-refractivity contribution is 0.299. The Labute approximate surface area is 112 Å². The third kappa shape index (κ3) is 6.80.